The molecule has 1 N–H and O–H groups in total. The van der Waals surface area contributed by atoms with Crippen molar-refractivity contribution < 1.29 is 13.9 Å². The first kappa shape index (κ1) is 15.6. The van der Waals surface area contributed by atoms with E-state index in [4.69, 9.17) is 27.9 Å². The number of benzene rings is 2. The molecule has 0 radical (unpaired) electrons. The van der Waals surface area contributed by atoms with Crippen molar-refractivity contribution in [3.8, 4) is 0 Å². The first-order chi connectivity index (χ1) is 10.0. The van der Waals surface area contributed by atoms with Crippen LogP contribution in [0.15, 0.2) is 36.4 Å². The zero-order valence-corrected chi connectivity index (χ0v) is 12.6. The second-order valence-electron chi connectivity index (χ2n) is 4.28. The molecule has 0 bridgehead atoms. The molecule has 0 heterocycles. The number of methoxy groups -OCH3 is 1. The van der Waals surface area contributed by atoms with Gasteiger partial charge in [0.15, 0.2) is 0 Å². The molecular weight excluding hydrogens is 316 g/mol. The predicted molar refractivity (Wildman–Crippen MR) is 81.5 cm³/mol. The summed E-state index contributed by atoms with van der Waals surface area (Å²) in [5.41, 5.74) is 1.57. The molecule has 0 aliphatic heterocycles. The van der Waals surface area contributed by atoms with Gasteiger partial charge in [-0.25, -0.2) is 9.18 Å². The van der Waals surface area contributed by atoms with Crippen LogP contribution < -0.4 is 5.32 Å². The van der Waals surface area contributed by atoms with Gasteiger partial charge in [0.05, 0.1) is 17.7 Å². The fourth-order valence-electron chi connectivity index (χ4n) is 1.80. The van der Waals surface area contributed by atoms with E-state index in [2.05, 4.69) is 5.32 Å². The maximum atomic E-state index is 13.4. The van der Waals surface area contributed by atoms with Crippen LogP contribution in [0.5, 0.6) is 0 Å². The molecule has 0 unspecified atom stereocenters. The first-order valence-corrected chi connectivity index (χ1v) is 6.82. The third-order valence-electron chi connectivity index (χ3n) is 2.85. The Balaban J connectivity index is 2.19. The smallest absolute Gasteiger partial charge is 0.340 e. The van der Waals surface area contributed by atoms with Crippen molar-refractivity contribution in [1.29, 1.82) is 0 Å². The van der Waals surface area contributed by atoms with Crippen LogP contribution in [-0.2, 0) is 11.3 Å². The highest BCUT2D eigenvalue weighted by atomic mass is 35.5. The van der Waals surface area contributed by atoms with Gasteiger partial charge in [0.25, 0.3) is 0 Å². The van der Waals surface area contributed by atoms with E-state index in [1.54, 1.807) is 18.2 Å². The lowest BCUT2D eigenvalue weighted by Crippen LogP contribution is -2.08. The Morgan fingerprint density at radius 2 is 2.00 bits per heavy atom. The monoisotopic (exact) mass is 327 g/mol. The maximum absolute atomic E-state index is 13.4. The second-order valence-corrected chi connectivity index (χ2v) is 5.13. The maximum Gasteiger partial charge on any atom is 0.340 e. The van der Waals surface area contributed by atoms with Crippen molar-refractivity contribution in [2.24, 2.45) is 0 Å². The van der Waals surface area contributed by atoms with Gasteiger partial charge >= 0.3 is 5.97 Å². The van der Waals surface area contributed by atoms with Gasteiger partial charge in [-0.15, -0.1) is 0 Å². The van der Waals surface area contributed by atoms with Gasteiger partial charge < -0.3 is 10.1 Å². The van der Waals surface area contributed by atoms with Crippen LogP contribution in [0.4, 0.5) is 10.1 Å². The number of rotatable bonds is 4. The number of nitrogens with one attached hydrogen (secondary N) is 1. The predicted octanol–water partition coefficient (Wildman–Crippen LogP) is 4.53. The summed E-state index contributed by atoms with van der Waals surface area (Å²) in [6, 6.07) is 9.35. The van der Waals surface area contributed by atoms with Crippen LogP contribution in [0, 0.1) is 5.82 Å². The molecule has 0 fully saturated rings. The third-order valence-corrected chi connectivity index (χ3v) is 3.40. The van der Waals surface area contributed by atoms with E-state index in [1.165, 1.54) is 25.3 Å². The topological polar surface area (TPSA) is 38.3 Å². The lowest BCUT2D eigenvalue weighted by molar-refractivity contribution is 0.0602. The number of carbonyl (C=O) groups excluding carboxylic acids is 1. The molecular formula is C15H12Cl2FNO2. The fourth-order valence-corrected chi connectivity index (χ4v) is 2.09. The summed E-state index contributed by atoms with van der Waals surface area (Å²) in [5.74, 6) is -0.984. The standard InChI is InChI=1S/C15H12Cl2FNO2/c1-21-15(20)11-7-10(16)3-5-14(11)19-8-9-2-4-12(17)13(18)6-9/h2-7,19H,8H2,1H3. The van der Waals surface area contributed by atoms with Crippen molar-refractivity contribution >= 4 is 34.9 Å². The molecule has 0 amide bonds. The molecule has 0 spiro atoms. The summed E-state index contributed by atoms with van der Waals surface area (Å²) in [6.07, 6.45) is 0. The minimum absolute atomic E-state index is 0.0699. The molecule has 0 aliphatic carbocycles. The average molecular weight is 328 g/mol. The van der Waals surface area contributed by atoms with Gasteiger partial charge in [-0.05, 0) is 35.9 Å². The summed E-state index contributed by atoms with van der Waals surface area (Å²) < 4.78 is 18.1. The highest BCUT2D eigenvalue weighted by Crippen LogP contribution is 2.23. The molecule has 2 aromatic rings. The van der Waals surface area contributed by atoms with Crippen LogP contribution in [0.25, 0.3) is 0 Å². The van der Waals surface area contributed by atoms with E-state index in [-0.39, 0.29) is 5.02 Å². The van der Waals surface area contributed by atoms with Crippen LogP contribution in [0.2, 0.25) is 10.0 Å². The molecule has 21 heavy (non-hydrogen) atoms. The molecule has 0 saturated heterocycles. The summed E-state index contributed by atoms with van der Waals surface area (Å²) in [5, 5.41) is 3.55. The van der Waals surface area contributed by atoms with Crippen molar-refractivity contribution in [3.63, 3.8) is 0 Å². The number of ether oxygens (including phenoxy) is 1. The molecule has 2 aromatic carbocycles. The van der Waals surface area contributed by atoms with Gasteiger partial charge in [0.2, 0.25) is 0 Å². The molecule has 0 aromatic heterocycles. The van der Waals surface area contributed by atoms with E-state index in [1.807, 2.05) is 0 Å². The Morgan fingerprint density at radius 1 is 1.24 bits per heavy atom. The average Bonchev–Trinajstić information content (AvgIpc) is 2.48. The highest BCUT2D eigenvalue weighted by Gasteiger charge is 2.12. The van der Waals surface area contributed by atoms with Crippen molar-refractivity contribution in [2.75, 3.05) is 12.4 Å². The van der Waals surface area contributed by atoms with E-state index in [0.717, 1.165) is 0 Å². The molecule has 0 aliphatic rings. The van der Waals surface area contributed by atoms with E-state index in [0.29, 0.717) is 28.4 Å². The number of halogens is 3. The largest absolute Gasteiger partial charge is 0.465 e. The van der Waals surface area contributed by atoms with E-state index >= 15 is 0 Å². The van der Waals surface area contributed by atoms with Crippen LogP contribution in [0.1, 0.15) is 15.9 Å². The summed E-state index contributed by atoms with van der Waals surface area (Å²) in [6.45, 7) is 0.333. The first-order valence-electron chi connectivity index (χ1n) is 6.07. The lowest BCUT2D eigenvalue weighted by atomic mass is 10.1. The second kappa shape index (κ2) is 6.78. The lowest BCUT2D eigenvalue weighted by Gasteiger charge is -2.11. The van der Waals surface area contributed by atoms with E-state index in [9.17, 15) is 9.18 Å². The van der Waals surface area contributed by atoms with Gasteiger partial charge in [-0.1, -0.05) is 29.3 Å². The SMILES string of the molecule is COC(=O)c1cc(Cl)ccc1NCc1ccc(Cl)c(F)c1. The Kier molecular flexibility index (Phi) is 5.04. The summed E-state index contributed by atoms with van der Waals surface area (Å²) in [4.78, 5) is 11.7. The third kappa shape index (κ3) is 3.86. The zero-order valence-electron chi connectivity index (χ0n) is 11.1. The van der Waals surface area contributed by atoms with Crippen LogP contribution in [0.3, 0.4) is 0 Å². The van der Waals surface area contributed by atoms with Crippen molar-refractivity contribution in [2.45, 2.75) is 6.54 Å². The summed E-state index contributed by atoms with van der Waals surface area (Å²) >= 11 is 11.5. The number of hydrogen-bond donors (Lipinski definition) is 1. The Bertz CT molecular complexity index is 677. The molecule has 2 rings (SSSR count). The van der Waals surface area contributed by atoms with Crippen molar-refractivity contribution in [1.82, 2.24) is 0 Å². The number of anilines is 1. The number of carbonyl (C=O) groups is 1. The van der Waals surface area contributed by atoms with Crippen molar-refractivity contribution in [3.05, 3.63) is 63.4 Å². The minimum atomic E-state index is -0.498. The Hall–Kier alpha value is -1.78. The Labute approximate surface area is 131 Å². The number of hydrogen-bond acceptors (Lipinski definition) is 3. The number of esters is 1. The van der Waals surface area contributed by atoms with Crippen LogP contribution >= 0.6 is 23.2 Å². The highest BCUT2D eigenvalue weighted by molar-refractivity contribution is 6.31. The fraction of sp³-hybridized carbons (Fsp3) is 0.133. The Morgan fingerprint density at radius 3 is 2.67 bits per heavy atom. The summed E-state index contributed by atoms with van der Waals surface area (Å²) in [7, 11) is 1.29. The quantitative estimate of drug-likeness (QED) is 0.838. The van der Waals surface area contributed by atoms with Gasteiger partial charge in [0, 0.05) is 17.3 Å². The minimum Gasteiger partial charge on any atom is -0.465 e. The zero-order chi connectivity index (χ0) is 15.4. The van der Waals surface area contributed by atoms with Gasteiger partial charge in [0.1, 0.15) is 5.82 Å². The van der Waals surface area contributed by atoms with Gasteiger partial charge in [-0.3, -0.25) is 0 Å². The molecule has 0 saturated carbocycles. The van der Waals surface area contributed by atoms with Crippen LogP contribution in [-0.4, -0.2) is 13.1 Å². The molecule has 3 nitrogen and oxygen atoms in total. The molecule has 110 valence electrons. The molecule has 0 atom stereocenters. The van der Waals surface area contributed by atoms with Gasteiger partial charge in [-0.2, -0.15) is 0 Å². The van der Waals surface area contributed by atoms with E-state index < -0.39 is 11.8 Å². The molecule has 6 heteroatoms. The normalized spacial score (nSPS) is 10.3.